The summed E-state index contributed by atoms with van der Waals surface area (Å²) in [6.07, 6.45) is 2.72. The number of unbranched alkanes of at least 4 members (excludes halogenated alkanes) is 2. The Kier molecular flexibility index (Phi) is 7.63. The summed E-state index contributed by atoms with van der Waals surface area (Å²) in [5.41, 5.74) is 3.95. The molecule has 0 fully saturated rings. The van der Waals surface area contributed by atoms with Crippen LogP contribution in [0.1, 0.15) is 42.9 Å². The fourth-order valence-corrected chi connectivity index (χ4v) is 4.06. The zero-order valence-electron chi connectivity index (χ0n) is 20.2. The van der Waals surface area contributed by atoms with E-state index in [9.17, 15) is 9.59 Å². The molecule has 2 aromatic carbocycles. The molecule has 0 radical (unpaired) electrons. The van der Waals surface area contributed by atoms with Crippen molar-refractivity contribution in [2.75, 3.05) is 33.2 Å². The maximum Gasteiger partial charge on any atom is 0.278 e. The van der Waals surface area contributed by atoms with Gasteiger partial charge in [0.1, 0.15) is 5.70 Å². The largest absolute Gasteiger partial charge is 0.493 e. The van der Waals surface area contributed by atoms with Crippen LogP contribution in [0, 0.1) is 13.8 Å². The van der Waals surface area contributed by atoms with Crippen molar-refractivity contribution in [3.8, 4) is 17.2 Å². The maximum absolute atomic E-state index is 13.4. The van der Waals surface area contributed by atoms with E-state index < -0.39 is 0 Å². The van der Waals surface area contributed by atoms with E-state index >= 15 is 0 Å². The Bertz CT molecular complexity index is 1070. The van der Waals surface area contributed by atoms with Gasteiger partial charge in [-0.3, -0.25) is 14.5 Å². The molecule has 1 aliphatic rings. The molecule has 7 nitrogen and oxygen atoms in total. The summed E-state index contributed by atoms with van der Waals surface area (Å²) in [6, 6.07) is 9.29. The van der Waals surface area contributed by atoms with Crippen LogP contribution in [0.4, 0.5) is 5.69 Å². The fraction of sp³-hybridized carbons (Fsp3) is 0.385. The maximum atomic E-state index is 13.4. The van der Waals surface area contributed by atoms with Gasteiger partial charge in [-0.2, -0.15) is 0 Å². The van der Waals surface area contributed by atoms with E-state index in [2.05, 4.69) is 12.2 Å². The lowest BCUT2D eigenvalue weighted by atomic mass is 9.97. The molecule has 1 N–H and O–H groups in total. The number of hydrogen-bond acceptors (Lipinski definition) is 6. The number of methoxy groups -OCH3 is 3. The number of hydrogen-bond donors (Lipinski definition) is 1. The predicted molar refractivity (Wildman–Crippen MR) is 129 cm³/mol. The highest BCUT2D eigenvalue weighted by Crippen LogP contribution is 2.41. The zero-order valence-corrected chi connectivity index (χ0v) is 20.2. The van der Waals surface area contributed by atoms with Crippen molar-refractivity contribution in [3.05, 3.63) is 52.7 Å². The number of rotatable bonds is 10. The van der Waals surface area contributed by atoms with Gasteiger partial charge in [-0.05, 0) is 31.4 Å². The van der Waals surface area contributed by atoms with E-state index in [0.717, 1.165) is 36.0 Å². The van der Waals surface area contributed by atoms with Gasteiger partial charge in [0, 0.05) is 24.4 Å². The third kappa shape index (κ3) is 4.82. The average Bonchev–Trinajstić information content (AvgIpc) is 3.02. The Labute approximate surface area is 195 Å². The van der Waals surface area contributed by atoms with Crippen LogP contribution < -0.4 is 19.5 Å². The second-order valence-corrected chi connectivity index (χ2v) is 8.08. The van der Waals surface area contributed by atoms with Crippen molar-refractivity contribution in [2.45, 2.75) is 40.0 Å². The molecule has 33 heavy (non-hydrogen) atoms. The molecule has 0 aromatic heterocycles. The van der Waals surface area contributed by atoms with Crippen LogP contribution in [0.2, 0.25) is 0 Å². The Hall–Kier alpha value is -3.48. The van der Waals surface area contributed by atoms with Gasteiger partial charge < -0.3 is 19.5 Å². The molecular formula is C26H32N2O5. The van der Waals surface area contributed by atoms with E-state index in [1.807, 2.05) is 32.0 Å². The van der Waals surface area contributed by atoms with Crippen molar-refractivity contribution < 1.29 is 23.8 Å². The number of amides is 2. The molecule has 0 saturated heterocycles. The first-order valence-electron chi connectivity index (χ1n) is 11.1. The first-order valence-corrected chi connectivity index (χ1v) is 11.1. The van der Waals surface area contributed by atoms with E-state index in [4.69, 9.17) is 14.2 Å². The number of carbonyl (C=O) groups is 2. The molecule has 1 aliphatic heterocycles. The molecule has 2 amide bonds. The number of carbonyl (C=O) groups excluding carboxylic acids is 2. The third-order valence-electron chi connectivity index (χ3n) is 5.74. The standard InChI is InChI=1S/C26H32N2O5/c1-7-8-9-12-28-25(29)22(19-11-10-16(2)13-17(19)3)23(26(28)30)27-18-14-20(31-4)24(33-6)21(15-18)32-5/h10-11,13-15,27H,7-9,12H2,1-6H3. The van der Waals surface area contributed by atoms with Crippen LogP contribution >= 0.6 is 0 Å². The van der Waals surface area contributed by atoms with Gasteiger partial charge in [0.05, 0.1) is 26.9 Å². The van der Waals surface area contributed by atoms with Crippen molar-refractivity contribution in [1.82, 2.24) is 4.90 Å². The number of benzene rings is 2. The van der Waals surface area contributed by atoms with E-state index in [0.29, 0.717) is 35.1 Å². The molecular weight excluding hydrogens is 420 g/mol. The number of aryl methyl sites for hydroxylation is 2. The van der Waals surface area contributed by atoms with E-state index in [1.54, 1.807) is 12.1 Å². The molecule has 1 heterocycles. The zero-order chi connectivity index (χ0) is 24.1. The summed E-state index contributed by atoms with van der Waals surface area (Å²) >= 11 is 0. The van der Waals surface area contributed by atoms with Crippen molar-refractivity contribution >= 4 is 23.1 Å². The highest BCUT2D eigenvalue weighted by molar-refractivity contribution is 6.36. The molecule has 0 bridgehead atoms. The highest BCUT2D eigenvalue weighted by atomic mass is 16.5. The number of nitrogens with one attached hydrogen (secondary N) is 1. The number of imide groups is 1. The minimum absolute atomic E-state index is 0.248. The van der Waals surface area contributed by atoms with Gasteiger partial charge in [-0.1, -0.05) is 43.5 Å². The Morgan fingerprint density at radius 1 is 0.879 bits per heavy atom. The van der Waals surface area contributed by atoms with Gasteiger partial charge in [-0.15, -0.1) is 0 Å². The smallest absolute Gasteiger partial charge is 0.278 e. The Balaban J connectivity index is 2.10. The molecule has 0 spiro atoms. The summed E-state index contributed by atoms with van der Waals surface area (Å²) in [6.45, 7) is 6.42. The monoisotopic (exact) mass is 452 g/mol. The topological polar surface area (TPSA) is 77.1 Å². The lowest BCUT2D eigenvalue weighted by Crippen LogP contribution is -2.33. The SMILES string of the molecule is CCCCCN1C(=O)C(Nc2cc(OC)c(OC)c(OC)c2)=C(c2ccc(C)cc2C)C1=O. The molecule has 0 saturated carbocycles. The first-order chi connectivity index (χ1) is 15.9. The van der Waals surface area contributed by atoms with Crippen LogP contribution in [0.25, 0.3) is 5.57 Å². The lowest BCUT2D eigenvalue weighted by Gasteiger charge is -2.16. The van der Waals surface area contributed by atoms with Crippen molar-refractivity contribution in [1.29, 1.82) is 0 Å². The summed E-state index contributed by atoms with van der Waals surface area (Å²) < 4.78 is 16.3. The van der Waals surface area contributed by atoms with Crippen molar-refractivity contribution in [3.63, 3.8) is 0 Å². The lowest BCUT2D eigenvalue weighted by molar-refractivity contribution is -0.136. The highest BCUT2D eigenvalue weighted by Gasteiger charge is 2.39. The van der Waals surface area contributed by atoms with Crippen LogP contribution in [-0.2, 0) is 9.59 Å². The predicted octanol–water partition coefficient (Wildman–Crippen LogP) is 4.71. The number of ether oxygens (including phenoxy) is 3. The van der Waals surface area contributed by atoms with Gasteiger partial charge in [0.25, 0.3) is 11.8 Å². The average molecular weight is 453 g/mol. The van der Waals surface area contributed by atoms with Gasteiger partial charge >= 0.3 is 0 Å². The molecule has 0 atom stereocenters. The second kappa shape index (κ2) is 10.4. The van der Waals surface area contributed by atoms with Gasteiger partial charge in [-0.25, -0.2) is 0 Å². The summed E-state index contributed by atoms with van der Waals surface area (Å²) in [5.74, 6) is 0.733. The fourth-order valence-electron chi connectivity index (χ4n) is 4.06. The quantitative estimate of drug-likeness (QED) is 0.416. The minimum atomic E-state index is -0.333. The number of anilines is 1. The molecule has 0 aliphatic carbocycles. The summed E-state index contributed by atoms with van der Waals surface area (Å²) in [7, 11) is 4.59. The molecule has 3 rings (SSSR count). The van der Waals surface area contributed by atoms with E-state index in [-0.39, 0.29) is 17.5 Å². The Morgan fingerprint density at radius 3 is 2.09 bits per heavy atom. The van der Waals surface area contributed by atoms with Crippen LogP contribution in [0.15, 0.2) is 36.0 Å². The number of nitrogens with zero attached hydrogens (tertiary/aromatic N) is 1. The second-order valence-electron chi connectivity index (χ2n) is 8.08. The molecule has 176 valence electrons. The van der Waals surface area contributed by atoms with Gasteiger partial charge in [0.2, 0.25) is 5.75 Å². The van der Waals surface area contributed by atoms with Crippen LogP contribution in [0.3, 0.4) is 0 Å². The van der Waals surface area contributed by atoms with E-state index in [1.165, 1.54) is 26.2 Å². The van der Waals surface area contributed by atoms with Gasteiger partial charge in [0.15, 0.2) is 11.5 Å². The normalized spacial score (nSPS) is 13.6. The Morgan fingerprint density at radius 2 is 1.55 bits per heavy atom. The first kappa shape index (κ1) is 24.2. The van der Waals surface area contributed by atoms with Crippen LogP contribution in [-0.4, -0.2) is 44.6 Å². The minimum Gasteiger partial charge on any atom is -0.493 e. The summed E-state index contributed by atoms with van der Waals surface area (Å²) in [5, 5.41) is 3.18. The van der Waals surface area contributed by atoms with Crippen LogP contribution in [0.5, 0.6) is 17.2 Å². The molecule has 0 unspecified atom stereocenters. The van der Waals surface area contributed by atoms with Crippen molar-refractivity contribution in [2.24, 2.45) is 0 Å². The molecule has 2 aromatic rings. The summed E-state index contributed by atoms with van der Waals surface area (Å²) in [4.78, 5) is 28.2. The molecule has 7 heteroatoms. The third-order valence-corrected chi connectivity index (χ3v) is 5.74.